The van der Waals surface area contributed by atoms with Crippen LogP contribution in [0.3, 0.4) is 0 Å². The van der Waals surface area contributed by atoms with Gasteiger partial charge in [-0.05, 0) is 68.4 Å². The Labute approximate surface area is 173 Å². The maximum Gasteiger partial charge on any atom is 0.267 e. The van der Waals surface area contributed by atoms with Gasteiger partial charge < -0.3 is 14.5 Å². The Hall–Kier alpha value is -3.31. The number of hydrogen-bond donors (Lipinski definition) is 1. The number of halogens is 1. The largest absolute Gasteiger partial charge is 0.478 e. The third-order valence-corrected chi connectivity index (χ3v) is 4.65. The van der Waals surface area contributed by atoms with E-state index in [4.69, 9.17) is 20.8 Å². The summed E-state index contributed by atoms with van der Waals surface area (Å²) in [5.41, 5.74) is 1.67. The number of benzene rings is 3. The third kappa shape index (κ3) is 4.25. The molecular weight excluding hydrogens is 388 g/mol. The van der Waals surface area contributed by atoms with Crippen LogP contribution in [0.4, 0.5) is 5.69 Å². The predicted octanol–water partition coefficient (Wildman–Crippen LogP) is 5.94. The number of oxazole rings is 1. The Balaban J connectivity index is 1.53. The molecule has 0 saturated carbocycles. The molecule has 0 aliphatic rings. The van der Waals surface area contributed by atoms with E-state index in [-0.39, 0.29) is 5.91 Å². The minimum absolute atomic E-state index is 0.262. The van der Waals surface area contributed by atoms with Crippen molar-refractivity contribution >= 4 is 34.3 Å². The lowest BCUT2D eigenvalue weighted by Gasteiger charge is -2.25. The van der Waals surface area contributed by atoms with Gasteiger partial charge in [0.2, 0.25) is 5.89 Å². The van der Waals surface area contributed by atoms with Crippen molar-refractivity contribution < 1.29 is 13.9 Å². The molecule has 0 atom stereocenters. The smallest absolute Gasteiger partial charge is 0.267 e. The minimum Gasteiger partial charge on any atom is -0.478 e. The molecule has 0 aliphatic heterocycles. The summed E-state index contributed by atoms with van der Waals surface area (Å²) in [6, 6.07) is 21.8. The average Bonchev–Trinajstić information content (AvgIpc) is 3.12. The highest BCUT2D eigenvalue weighted by molar-refractivity contribution is 6.30. The van der Waals surface area contributed by atoms with E-state index in [9.17, 15) is 4.79 Å². The predicted molar refractivity (Wildman–Crippen MR) is 114 cm³/mol. The standard InChI is InChI=1S/C23H19ClN2O3/c1-23(2,29-18-6-4-3-5-7-18)22(27)25-17-12-13-20-19(14-17)26-21(28-20)15-8-10-16(24)11-9-15/h3-14H,1-2H3,(H,25,27). The van der Waals surface area contributed by atoms with Gasteiger partial charge in [-0.25, -0.2) is 4.98 Å². The van der Waals surface area contributed by atoms with Gasteiger partial charge in [-0.1, -0.05) is 29.8 Å². The van der Waals surface area contributed by atoms with E-state index in [0.29, 0.717) is 33.4 Å². The number of hydrogen-bond acceptors (Lipinski definition) is 4. The minimum atomic E-state index is -1.05. The Morgan fingerprint density at radius 1 is 1.03 bits per heavy atom. The molecular formula is C23H19ClN2O3. The molecule has 1 N–H and O–H groups in total. The molecule has 4 rings (SSSR count). The van der Waals surface area contributed by atoms with Crippen molar-refractivity contribution in [1.82, 2.24) is 4.98 Å². The highest BCUT2D eigenvalue weighted by Gasteiger charge is 2.30. The number of nitrogens with one attached hydrogen (secondary N) is 1. The highest BCUT2D eigenvalue weighted by Crippen LogP contribution is 2.28. The summed E-state index contributed by atoms with van der Waals surface area (Å²) in [6.45, 7) is 3.45. The molecule has 5 nitrogen and oxygen atoms in total. The summed E-state index contributed by atoms with van der Waals surface area (Å²) in [7, 11) is 0. The van der Waals surface area contributed by atoms with E-state index in [1.54, 1.807) is 44.2 Å². The van der Waals surface area contributed by atoms with E-state index < -0.39 is 5.60 Å². The molecule has 0 aliphatic carbocycles. The van der Waals surface area contributed by atoms with Gasteiger partial charge in [-0.15, -0.1) is 0 Å². The fraction of sp³-hybridized carbons (Fsp3) is 0.130. The SMILES string of the molecule is CC(C)(Oc1ccccc1)C(=O)Nc1ccc2oc(-c3ccc(Cl)cc3)nc2c1. The van der Waals surface area contributed by atoms with Gasteiger partial charge in [0.25, 0.3) is 5.91 Å². The van der Waals surface area contributed by atoms with Crippen LogP contribution >= 0.6 is 11.6 Å². The molecule has 3 aromatic carbocycles. The Morgan fingerprint density at radius 3 is 2.48 bits per heavy atom. The molecule has 0 spiro atoms. The lowest BCUT2D eigenvalue weighted by molar-refractivity contribution is -0.128. The number of carbonyl (C=O) groups excluding carboxylic acids is 1. The number of fused-ring (bicyclic) bond motifs is 1. The second-order valence-corrected chi connectivity index (χ2v) is 7.52. The first-order valence-corrected chi connectivity index (χ1v) is 9.50. The molecule has 0 saturated heterocycles. The van der Waals surface area contributed by atoms with Crippen LogP contribution in [0, 0.1) is 0 Å². The van der Waals surface area contributed by atoms with Crippen LogP contribution in [-0.4, -0.2) is 16.5 Å². The maximum absolute atomic E-state index is 12.7. The van der Waals surface area contributed by atoms with Crippen molar-refractivity contribution in [1.29, 1.82) is 0 Å². The number of aromatic nitrogens is 1. The van der Waals surface area contributed by atoms with Crippen LogP contribution in [-0.2, 0) is 4.79 Å². The number of nitrogens with zero attached hydrogens (tertiary/aromatic N) is 1. The van der Waals surface area contributed by atoms with Crippen LogP contribution < -0.4 is 10.1 Å². The number of anilines is 1. The number of ether oxygens (including phenoxy) is 1. The highest BCUT2D eigenvalue weighted by atomic mass is 35.5. The zero-order valence-corrected chi connectivity index (χ0v) is 16.7. The average molecular weight is 407 g/mol. The molecule has 146 valence electrons. The molecule has 1 amide bonds. The summed E-state index contributed by atoms with van der Waals surface area (Å²) in [5.74, 6) is 0.863. The van der Waals surface area contributed by atoms with E-state index in [0.717, 1.165) is 5.56 Å². The van der Waals surface area contributed by atoms with Crippen LogP contribution in [0.25, 0.3) is 22.6 Å². The van der Waals surface area contributed by atoms with E-state index in [2.05, 4.69) is 10.3 Å². The molecule has 1 aromatic heterocycles. The molecule has 1 heterocycles. The van der Waals surface area contributed by atoms with Crippen molar-refractivity contribution in [2.75, 3.05) is 5.32 Å². The third-order valence-electron chi connectivity index (χ3n) is 4.40. The van der Waals surface area contributed by atoms with E-state index in [1.807, 2.05) is 42.5 Å². The number of amides is 1. The number of rotatable bonds is 5. The summed E-state index contributed by atoms with van der Waals surface area (Å²) in [4.78, 5) is 17.3. The summed E-state index contributed by atoms with van der Waals surface area (Å²) in [6.07, 6.45) is 0. The van der Waals surface area contributed by atoms with Crippen molar-refractivity contribution in [3.05, 3.63) is 77.8 Å². The maximum atomic E-state index is 12.7. The second-order valence-electron chi connectivity index (χ2n) is 7.09. The van der Waals surface area contributed by atoms with Crippen LogP contribution in [0.5, 0.6) is 5.75 Å². The van der Waals surface area contributed by atoms with Crippen LogP contribution in [0.1, 0.15) is 13.8 Å². The monoisotopic (exact) mass is 406 g/mol. The molecule has 4 aromatic rings. The van der Waals surface area contributed by atoms with Crippen molar-refractivity contribution in [3.8, 4) is 17.2 Å². The van der Waals surface area contributed by atoms with Crippen molar-refractivity contribution in [2.45, 2.75) is 19.4 Å². The van der Waals surface area contributed by atoms with E-state index in [1.165, 1.54) is 0 Å². The number of carbonyl (C=O) groups is 1. The van der Waals surface area contributed by atoms with Gasteiger partial charge in [0.05, 0.1) is 0 Å². The summed E-state index contributed by atoms with van der Waals surface area (Å²) >= 11 is 5.93. The normalized spacial score (nSPS) is 11.4. The molecule has 6 heteroatoms. The lowest BCUT2D eigenvalue weighted by atomic mass is 10.1. The van der Waals surface area contributed by atoms with Gasteiger partial charge in [0, 0.05) is 16.3 Å². The first kappa shape index (κ1) is 19.0. The lowest BCUT2D eigenvalue weighted by Crippen LogP contribution is -2.42. The first-order valence-electron chi connectivity index (χ1n) is 9.13. The van der Waals surface area contributed by atoms with Gasteiger partial charge in [0.15, 0.2) is 11.2 Å². The first-order chi connectivity index (χ1) is 13.9. The quantitative estimate of drug-likeness (QED) is 0.445. The Morgan fingerprint density at radius 2 is 1.76 bits per heavy atom. The molecule has 0 fully saturated rings. The topological polar surface area (TPSA) is 64.4 Å². The van der Waals surface area contributed by atoms with E-state index >= 15 is 0 Å². The molecule has 0 unspecified atom stereocenters. The van der Waals surface area contributed by atoms with Crippen molar-refractivity contribution in [3.63, 3.8) is 0 Å². The fourth-order valence-electron chi connectivity index (χ4n) is 2.83. The van der Waals surface area contributed by atoms with Gasteiger partial charge in [-0.3, -0.25) is 4.79 Å². The summed E-state index contributed by atoms with van der Waals surface area (Å²) in [5, 5.41) is 3.54. The Kier molecular flexibility index (Phi) is 4.99. The van der Waals surface area contributed by atoms with Crippen LogP contribution in [0.2, 0.25) is 5.02 Å². The second kappa shape index (κ2) is 7.60. The zero-order chi connectivity index (χ0) is 20.4. The molecule has 0 radical (unpaired) electrons. The fourth-order valence-corrected chi connectivity index (χ4v) is 2.96. The number of para-hydroxylation sites is 1. The van der Waals surface area contributed by atoms with Crippen LogP contribution in [0.15, 0.2) is 77.2 Å². The van der Waals surface area contributed by atoms with Crippen molar-refractivity contribution in [2.24, 2.45) is 0 Å². The molecule has 29 heavy (non-hydrogen) atoms. The van der Waals surface area contributed by atoms with Gasteiger partial charge >= 0.3 is 0 Å². The summed E-state index contributed by atoms with van der Waals surface area (Å²) < 4.78 is 11.6. The van der Waals surface area contributed by atoms with Gasteiger partial charge in [-0.2, -0.15) is 0 Å². The Bertz CT molecular complexity index is 1150. The van der Waals surface area contributed by atoms with Gasteiger partial charge in [0.1, 0.15) is 11.3 Å². The zero-order valence-electron chi connectivity index (χ0n) is 16.0. The molecule has 0 bridgehead atoms.